The summed E-state index contributed by atoms with van der Waals surface area (Å²) in [5, 5.41) is 12.7. The maximum atomic E-state index is 7.59. The zero-order valence-electron chi connectivity index (χ0n) is 18.5. The molecule has 0 atom stereocenters. The fraction of sp³-hybridized carbons (Fsp3) is 0.200. The van der Waals surface area contributed by atoms with E-state index in [-0.39, 0.29) is 51.4 Å². The quantitative estimate of drug-likeness (QED) is 0.301. The Morgan fingerprint density at radius 1 is 1.19 bits per heavy atom. The number of hydrogen-bond acceptors (Lipinski definition) is 3. The van der Waals surface area contributed by atoms with Crippen molar-refractivity contribution >= 4 is 23.5 Å². The summed E-state index contributed by atoms with van der Waals surface area (Å²) in [6.07, 6.45) is 4.32. The van der Waals surface area contributed by atoms with Crippen LogP contribution in [0.3, 0.4) is 0 Å². The van der Waals surface area contributed by atoms with Crippen molar-refractivity contribution in [1.82, 2.24) is 9.55 Å². The number of halogens is 1. The molecule has 2 aromatic carbocycles. The first-order valence-electron chi connectivity index (χ1n) is 10.1. The van der Waals surface area contributed by atoms with Crippen LogP contribution in [0.2, 0.25) is 5.02 Å². The van der Waals surface area contributed by atoms with Gasteiger partial charge in [0.2, 0.25) is 0 Å². The van der Waals surface area contributed by atoms with Crippen molar-refractivity contribution < 1.29 is 51.4 Å². The summed E-state index contributed by atoms with van der Waals surface area (Å²) in [6, 6.07) is 17.8. The Morgan fingerprint density at radius 3 is 2.53 bits per heavy atom. The van der Waals surface area contributed by atoms with Gasteiger partial charge in [0.05, 0.1) is 11.4 Å². The van der Waals surface area contributed by atoms with Crippen LogP contribution in [0.1, 0.15) is 23.5 Å². The Hall–Kier alpha value is -1.69. The Kier molecular flexibility index (Phi) is 11.4. The zero-order valence-corrected chi connectivity index (χ0v) is 22.4. The normalized spacial score (nSPS) is 10.7. The number of nitrogens with zero attached hydrogens (tertiary/aromatic N) is 3. The molecule has 3 N–H and O–H groups in total. The van der Waals surface area contributed by atoms with E-state index < -0.39 is 0 Å². The van der Waals surface area contributed by atoms with E-state index in [1.807, 2.05) is 42.5 Å². The van der Waals surface area contributed by atoms with Gasteiger partial charge >= 0.3 is 51.4 Å². The molecule has 1 aromatic heterocycles. The third-order valence-electron chi connectivity index (χ3n) is 4.75. The Balaban J connectivity index is 0.00000363. The van der Waals surface area contributed by atoms with E-state index in [9.17, 15) is 0 Å². The second-order valence-electron chi connectivity index (χ2n) is 6.81. The molecular weight excluding hydrogens is 445 g/mol. The molecule has 0 amide bonds. The first-order valence-corrected chi connectivity index (χ1v) is 10.5. The molecule has 5 nitrogen and oxygen atoms in total. The van der Waals surface area contributed by atoms with Crippen LogP contribution < -0.4 is 57.1 Å². The van der Waals surface area contributed by atoms with E-state index in [0.717, 1.165) is 23.4 Å². The van der Waals surface area contributed by atoms with E-state index >= 15 is 0 Å². The smallest absolute Gasteiger partial charge is 0.685 e. The molecular formula is C25H25ClKN5. The maximum absolute atomic E-state index is 7.59. The number of rotatable bonds is 8. The van der Waals surface area contributed by atoms with Crippen LogP contribution in [-0.2, 0) is 13.0 Å². The number of benzene rings is 2. The minimum Gasteiger partial charge on any atom is -0.685 e. The standard InChI is InChI=1S/C25H25ClN5.K/c1-29-22(14-17-28)25-24(20-10-12-21(26)13-11-20)30-23(9-5-6-16-27)31(25)18-15-19-7-3-2-4-8-19;/h2-4,7-8,10-14,17,28H,6,15-16,18,27H2,1H3;/q-1;+1/b22-14-,28-17?;. The monoisotopic (exact) mass is 469 g/mol. The van der Waals surface area contributed by atoms with Crippen molar-refractivity contribution in [3.8, 4) is 23.1 Å². The minimum atomic E-state index is 0. The van der Waals surface area contributed by atoms with Gasteiger partial charge < -0.3 is 21.0 Å². The van der Waals surface area contributed by atoms with Crippen molar-refractivity contribution in [2.24, 2.45) is 5.73 Å². The van der Waals surface area contributed by atoms with Gasteiger partial charge in [-0.15, -0.1) is 12.7 Å². The predicted molar refractivity (Wildman–Crippen MR) is 129 cm³/mol. The molecule has 0 aliphatic heterocycles. The average Bonchev–Trinajstić information content (AvgIpc) is 3.15. The van der Waals surface area contributed by atoms with Crippen molar-refractivity contribution in [2.75, 3.05) is 13.6 Å². The predicted octanol–water partition coefficient (Wildman–Crippen LogP) is 2.14. The fourth-order valence-corrected chi connectivity index (χ4v) is 3.40. The third-order valence-corrected chi connectivity index (χ3v) is 5.00. The molecule has 7 heteroatoms. The van der Waals surface area contributed by atoms with E-state index in [4.69, 9.17) is 27.7 Å². The van der Waals surface area contributed by atoms with Gasteiger partial charge in [-0.25, -0.2) is 4.98 Å². The molecule has 32 heavy (non-hydrogen) atoms. The molecule has 3 rings (SSSR count). The molecule has 0 unspecified atom stereocenters. The summed E-state index contributed by atoms with van der Waals surface area (Å²) in [4.78, 5) is 4.87. The molecule has 0 bridgehead atoms. The van der Waals surface area contributed by atoms with Gasteiger partial charge in [0, 0.05) is 36.3 Å². The van der Waals surface area contributed by atoms with Crippen LogP contribution in [-0.4, -0.2) is 29.4 Å². The molecule has 0 radical (unpaired) electrons. The number of hydrogen-bond donors (Lipinski definition) is 2. The Labute approximate surface area is 237 Å². The second kappa shape index (κ2) is 13.8. The molecule has 0 spiro atoms. The molecule has 158 valence electrons. The van der Waals surface area contributed by atoms with Gasteiger partial charge in [-0.1, -0.05) is 66.1 Å². The van der Waals surface area contributed by atoms with Crippen molar-refractivity contribution in [3.63, 3.8) is 0 Å². The molecule has 0 fully saturated rings. The zero-order chi connectivity index (χ0) is 22.1. The van der Waals surface area contributed by atoms with Crippen molar-refractivity contribution in [3.05, 3.63) is 88.1 Å². The third kappa shape index (κ3) is 6.90. The van der Waals surface area contributed by atoms with E-state index in [1.165, 1.54) is 11.8 Å². The van der Waals surface area contributed by atoms with E-state index in [0.29, 0.717) is 36.1 Å². The van der Waals surface area contributed by atoms with E-state index in [2.05, 4.69) is 33.9 Å². The summed E-state index contributed by atoms with van der Waals surface area (Å²) in [6.45, 7) is 1.18. The number of allylic oxidation sites excluding steroid dienone is 1. The van der Waals surface area contributed by atoms with Gasteiger partial charge in [-0.3, -0.25) is 0 Å². The molecule has 0 saturated heterocycles. The molecule has 3 aromatic rings. The maximum Gasteiger partial charge on any atom is 1.00 e. The van der Waals surface area contributed by atoms with Crippen LogP contribution in [0.5, 0.6) is 0 Å². The van der Waals surface area contributed by atoms with Gasteiger partial charge in [0.15, 0.2) is 5.82 Å². The first kappa shape index (κ1) is 26.6. The SMILES string of the molecule is C[N-]/C(=C\C=N)c1c(-c2ccc(Cl)cc2)nc(C#CCCN)n1CCc1ccccc1.[K+]. The van der Waals surface area contributed by atoms with Gasteiger partial charge in [0.25, 0.3) is 0 Å². The summed E-state index contributed by atoms with van der Waals surface area (Å²) < 4.78 is 2.09. The summed E-state index contributed by atoms with van der Waals surface area (Å²) in [5.74, 6) is 6.95. The molecule has 0 aliphatic rings. The molecule has 1 heterocycles. The Morgan fingerprint density at radius 2 is 1.91 bits per heavy atom. The Bertz CT molecular complexity index is 1110. The first-order chi connectivity index (χ1) is 15.2. The van der Waals surface area contributed by atoms with Gasteiger partial charge in [0.1, 0.15) is 0 Å². The van der Waals surface area contributed by atoms with Crippen LogP contribution >= 0.6 is 11.6 Å². The van der Waals surface area contributed by atoms with E-state index in [1.54, 1.807) is 13.1 Å². The summed E-state index contributed by atoms with van der Waals surface area (Å²) >= 11 is 6.10. The van der Waals surface area contributed by atoms with Crippen LogP contribution in [0.15, 0.2) is 60.7 Å². The number of aryl methyl sites for hydroxylation is 1. The largest absolute Gasteiger partial charge is 1.00 e. The molecule has 0 aliphatic carbocycles. The number of nitrogens with two attached hydrogens (primary N) is 1. The van der Waals surface area contributed by atoms with Crippen molar-refractivity contribution in [2.45, 2.75) is 19.4 Å². The van der Waals surface area contributed by atoms with Crippen LogP contribution in [0.4, 0.5) is 0 Å². The summed E-state index contributed by atoms with van der Waals surface area (Å²) in [5.41, 5.74) is 10.0. The van der Waals surface area contributed by atoms with Gasteiger partial charge in [-0.05, 0) is 30.0 Å². The molecule has 0 saturated carbocycles. The second-order valence-corrected chi connectivity index (χ2v) is 7.25. The number of aromatic nitrogens is 2. The van der Waals surface area contributed by atoms with Gasteiger partial charge in [-0.2, -0.15) is 0 Å². The van der Waals surface area contributed by atoms with Crippen molar-refractivity contribution in [1.29, 1.82) is 5.41 Å². The topological polar surface area (TPSA) is 81.8 Å². The fourth-order valence-electron chi connectivity index (χ4n) is 3.27. The van der Waals surface area contributed by atoms with Crippen LogP contribution in [0.25, 0.3) is 22.3 Å². The summed E-state index contributed by atoms with van der Waals surface area (Å²) in [7, 11) is 1.72. The van der Waals surface area contributed by atoms with Crippen LogP contribution in [0, 0.1) is 17.3 Å². The number of imidazole rings is 1. The minimum absolute atomic E-state index is 0. The average molecular weight is 470 g/mol. The number of nitrogens with one attached hydrogen (secondary N) is 1.